The maximum absolute atomic E-state index is 14.1. The van der Waals surface area contributed by atoms with Gasteiger partial charge in [0.05, 0.1) is 35.0 Å². The minimum atomic E-state index is -4.81. The first-order valence-corrected chi connectivity index (χ1v) is 10.2. The van der Waals surface area contributed by atoms with Crippen molar-refractivity contribution in [2.24, 2.45) is 0 Å². The van der Waals surface area contributed by atoms with Gasteiger partial charge in [-0.05, 0) is 32.8 Å². The third-order valence-electron chi connectivity index (χ3n) is 5.31. The monoisotopic (exact) mass is 469 g/mol. The van der Waals surface area contributed by atoms with Gasteiger partial charge >= 0.3 is 12.1 Å². The maximum atomic E-state index is 14.1. The first kappa shape index (κ1) is 22.3. The minimum Gasteiger partial charge on any atom is -0.462 e. The molecule has 1 N–H and O–H groups in total. The molecule has 2 aromatic heterocycles. The average molecular weight is 470 g/mol. The number of aromatic nitrogens is 3. The van der Waals surface area contributed by atoms with Crippen LogP contribution in [-0.4, -0.2) is 38.2 Å². The Hall–Kier alpha value is -2.85. The second-order valence-corrected chi connectivity index (χ2v) is 8.25. The van der Waals surface area contributed by atoms with Crippen molar-refractivity contribution in [1.29, 1.82) is 0 Å². The quantitative estimate of drug-likeness (QED) is 0.520. The van der Waals surface area contributed by atoms with Gasteiger partial charge in [0.2, 0.25) is 0 Å². The van der Waals surface area contributed by atoms with Crippen LogP contribution in [0, 0.1) is 0 Å². The van der Waals surface area contributed by atoms with Crippen LogP contribution in [-0.2, 0) is 10.9 Å². The summed E-state index contributed by atoms with van der Waals surface area (Å²) in [5.74, 6) is -1.31. The van der Waals surface area contributed by atoms with E-state index >= 15 is 0 Å². The van der Waals surface area contributed by atoms with Gasteiger partial charge in [0.25, 0.3) is 0 Å². The number of carbonyl (C=O) groups is 1. The van der Waals surface area contributed by atoms with E-state index in [2.05, 4.69) is 10.3 Å². The van der Waals surface area contributed by atoms with Crippen LogP contribution in [0.15, 0.2) is 35.0 Å². The molecule has 1 aliphatic carbocycles. The number of halogens is 4. The number of aliphatic hydroxyl groups is 1. The number of esters is 1. The predicted octanol–water partition coefficient (Wildman–Crippen LogP) is 5.14. The Morgan fingerprint density at radius 3 is 2.62 bits per heavy atom. The molecule has 11 heteroatoms. The fourth-order valence-electron chi connectivity index (χ4n) is 3.92. The van der Waals surface area contributed by atoms with E-state index in [-0.39, 0.29) is 35.7 Å². The van der Waals surface area contributed by atoms with E-state index in [1.165, 1.54) is 0 Å². The average Bonchev–Trinajstić information content (AvgIpc) is 3.30. The van der Waals surface area contributed by atoms with E-state index in [1.54, 1.807) is 38.1 Å². The third-order valence-corrected chi connectivity index (χ3v) is 5.64. The molecule has 170 valence electrons. The summed E-state index contributed by atoms with van der Waals surface area (Å²) in [4.78, 5) is 12.8. The zero-order chi connectivity index (χ0) is 23.3. The lowest BCUT2D eigenvalue weighted by atomic mass is 9.77. The Kier molecular flexibility index (Phi) is 5.54. The second-order valence-electron chi connectivity index (χ2n) is 7.84. The van der Waals surface area contributed by atoms with E-state index in [4.69, 9.17) is 20.9 Å². The van der Waals surface area contributed by atoms with Crippen LogP contribution in [0.5, 0.6) is 0 Å². The molecule has 32 heavy (non-hydrogen) atoms. The van der Waals surface area contributed by atoms with Gasteiger partial charge < -0.3 is 14.4 Å². The molecular weight excluding hydrogens is 451 g/mol. The van der Waals surface area contributed by atoms with Gasteiger partial charge in [0.1, 0.15) is 11.3 Å². The molecule has 0 amide bonds. The number of ether oxygens (including phenoxy) is 1. The van der Waals surface area contributed by atoms with Gasteiger partial charge in [-0.2, -0.15) is 18.3 Å². The fourth-order valence-corrected chi connectivity index (χ4v) is 4.15. The minimum absolute atomic E-state index is 0.00599. The van der Waals surface area contributed by atoms with E-state index in [1.807, 2.05) is 0 Å². The van der Waals surface area contributed by atoms with Crippen molar-refractivity contribution < 1.29 is 32.3 Å². The lowest BCUT2D eigenvalue weighted by Gasteiger charge is -2.41. The maximum Gasteiger partial charge on any atom is 0.433 e. The summed E-state index contributed by atoms with van der Waals surface area (Å²) in [7, 11) is 0. The van der Waals surface area contributed by atoms with E-state index in [9.17, 15) is 23.1 Å². The Morgan fingerprint density at radius 2 is 2.03 bits per heavy atom. The molecule has 0 spiro atoms. The van der Waals surface area contributed by atoms with Crippen molar-refractivity contribution in [3.63, 3.8) is 0 Å². The highest BCUT2D eigenvalue weighted by atomic mass is 35.5. The van der Waals surface area contributed by atoms with Crippen molar-refractivity contribution in [3.05, 3.63) is 46.7 Å². The number of rotatable bonds is 5. The zero-order valence-corrected chi connectivity index (χ0v) is 17.9. The van der Waals surface area contributed by atoms with Crippen LogP contribution in [0.1, 0.15) is 48.8 Å². The predicted molar refractivity (Wildman–Crippen MR) is 108 cm³/mol. The SMILES string of the molecule is CCOC(=O)c1c(-c2ccccc2Cl)noc1-c1cnn(C2CC(C)(O)C2)c1C(F)(F)F. The Morgan fingerprint density at radius 1 is 1.34 bits per heavy atom. The second kappa shape index (κ2) is 7.93. The molecule has 2 heterocycles. The molecule has 0 saturated heterocycles. The summed E-state index contributed by atoms with van der Waals surface area (Å²) >= 11 is 6.22. The van der Waals surface area contributed by atoms with Crippen LogP contribution >= 0.6 is 11.6 Å². The van der Waals surface area contributed by atoms with E-state index in [0.717, 1.165) is 10.9 Å². The van der Waals surface area contributed by atoms with Crippen molar-refractivity contribution in [2.75, 3.05) is 6.61 Å². The highest BCUT2D eigenvalue weighted by Crippen LogP contribution is 2.47. The summed E-state index contributed by atoms with van der Waals surface area (Å²) < 4.78 is 53.4. The van der Waals surface area contributed by atoms with Crippen molar-refractivity contribution >= 4 is 17.6 Å². The number of alkyl halides is 3. The third kappa shape index (κ3) is 3.88. The summed E-state index contributed by atoms with van der Waals surface area (Å²) in [6, 6.07) is 5.79. The first-order chi connectivity index (χ1) is 15.0. The number of hydrogen-bond donors (Lipinski definition) is 1. The molecule has 0 bridgehead atoms. The molecule has 4 rings (SSSR count). The number of carbonyl (C=O) groups excluding carboxylic acids is 1. The van der Waals surface area contributed by atoms with Gasteiger partial charge in [-0.1, -0.05) is 35.0 Å². The van der Waals surface area contributed by atoms with Gasteiger partial charge in [0.15, 0.2) is 11.5 Å². The molecule has 0 radical (unpaired) electrons. The topological polar surface area (TPSA) is 90.4 Å². The molecule has 0 unspecified atom stereocenters. The summed E-state index contributed by atoms with van der Waals surface area (Å²) in [5, 5.41) is 18.0. The summed E-state index contributed by atoms with van der Waals surface area (Å²) in [6.45, 7) is 3.11. The van der Waals surface area contributed by atoms with Crippen LogP contribution in [0.3, 0.4) is 0 Å². The van der Waals surface area contributed by atoms with Gasteiger partial charge in [-0.3, -0.25) is 4.68 Å². The number of benzene rings is 1. The highest BCUT2D eigenvalue weighted by Gasteiger charge is 2.47. The Labute approximate surface area is 185 Å². The van der Waals surface area contributed by atoms with Gasteiger partial charge in [0, 0.05) is 5.56 Å². The van der Waals surface area contributed by atoms with E-state index in [0.29, 0.717) is 5.56 Å². The van der Waals surface area contributed by atoms with Gasteiger partial charge in [-0.15, -0.1) is 0 Å². The molecule has 1 aliphatic rings. The van der Waals surface area contributed by atoms with Crippen LogP contribution in [0.2, 0.25) is 5.02 Å². The molecule has 0 atom stereocenters. The van der Waals surface area contributed by atoms with Gasteiger partial charge in [-0.25, -0.2) is 4.79 Å². The fraction of sp³-hybridized carbons (Fsp3) is 0.381. The normalized spacial score (nSPS) is 20.8. The number of nitrogens with zero attached hydrogens (tertiary/aromatic N) is 3. The highest BCUT2D eigenvalue weighted by molar-refractivity contribution is 6.33. The molecule has 1 aromatic carbocycles. The standard InChI is InChI=1S/C21H19ClF3N3O4/c1-3-31-19(29)15-16(12-6-4-5-7-14(12)22)27-32-17(15)13-10-26-28(18(13)21(23,24)25)11-8-20(2,30)9-11/h4-7,10-11,30H,3,8-9H2,1-2H3. The number of hydrogen-bond acceptors (Lipinski definition) is 6. The first-order valence-electron chi connectivity index (χ1n) is 9.82. The largest absolute Gasteiger partial charge is 0.462 e. The lowest BCUT2D eigenvalue weighted by molar-refractivity contribution is -0.148. The van der Waals surface area contributed by atoms with Crippen LogP contribution < -0.4 is 0 Å². The Balaban J connectivity index is 1.90. The van der Waals surface area contributed by atoms with Crippen molar-refractivity contribution in [2.45, 2.75) is 44.5 Å². The summed E-state index contributed by atoms with van der Waals surface area (Å²) in [6.07, 6.45) is -3.60. The molecule has 7 nitrogen and oxygen atoms in total. The molecule has 1 fully saturated rings. The molecule has 3 aromatic rings. The lowest BCUT2D eigenvalue weighted by Crippen LogP contribution is -2.43. The smallest absolute Gasteiger partial charge is 0.433 e. The van der Waals surface area contributed by atoms with E-state index < -0.39 is 40.8 Å². The molecule has 0 aliphatic heterocycles. The van der Waals surface area contributed by atoms with Crippen LogP contribution in [0.4, 0.5) is 13.2 Å². The summed E-state index contributed by atoms with van der Waals surface area (Å²) in [5.41, 5.74) is -2.59. The van der Waals surface area contributed by atoms with Crippen molar-refractivity contribution in [1.82, 2.24) is 14.9 Å². The van der Waals surface area contributed by atoms with Crippen molar-refractivity contribution in [3.8, 4) is 22.6 Å². The molecule has 1 saturated carbocycles. The zero-order valence-electron chi connectivity index (χ0n) is 17.1. The Bertz CT molecular complexity index is 1160. The molecular formula is C21H19ClF3N3O4. The van der Waals surface area contributed by atoms with Crippen LogP contribution in [0.25, 0.3) is 22.6 Å².